The van der Waals surface area contributed by atoms with Crippen molar-refractivity contribution in [3.63, 3.8) is 0 Å². The normalized spacial score (nSPS) is 10.3. The van der Waals surface area contributed by atoms with Gasteiger partial charge >= 0.3 is 0 Å². The summed E-state index contributed by atoms with van der Waals surface area (Å²) in [5, 5.41) is 0. The Morgan fingerprint density at radius 1 is 1.11 bits per heavy atom. The van der Waals surface area contributed by atoms with E-state index in [0.717, 1.165) is 18.5 Å². The molecule has 0 aliphatic carbocycles. The quantitative estimate of drug-likeness (QED) is 0.592. The predicted molar refractivity (Wildman–Crippen MR) is 71.8 cm³/mol. The Morgan fingerprint density at radius 2 is 1.94 bits per heavy atom. The van der Waals surface area contributed by atoms with Crippen LogP contribution < -0.4 is 4.74 Å². The molecule has 2 rings (SSSR count). The molecule has 4 heteroatoms. The Bertz CT molecular complexity index is 476. The van der Waals surface area contributed by atoms with E-state index in [4.69, 9.17) is 16.3 Å². The fraction of sp³-hybridized carbons (Fsp3) is 0.286. The van der Waals surface area contributed by atoms with Crippen molar-refractivity contribution in [1.82, 2.24) is 9.97 Å². The van der Waals surface area contributed by atoms with Crippen LogP contribution in [-0.4, -0.2) is 16.6 Å². The van der Waals surface area contributed by atoms with Crippen molar-refractivity contribution in [1.29, 1.82) is 0 Å². The van der Waals surface area contributed by atoms with Gasteiger partial charge in [-0.1, -0.05) is 6.07 Å². The van der Waals surface area contributed by atoms with Crippen LogP contribution in [0.25, 0.3) is 0 Å². The lowest BCUT2D eigenvalue weighted by Gasteiger charge is -2.06. The number of alkyl halides is 1. The molecular formula is C14H15ClN2O. The lowest BCUT2D eigenvalue weighted by atomic mass is 10.1. The lowest BCUT2D eigenvalue weighted by molar-refractivity contribution is 0.298. The molecule has 0 unspecified atom stereocenters. The third-order valence-electron chi connectivity index (χ3n) is 2.53. The average Bonchev–Trinajstić information content (AvgIpc) is 2.45. The average molecular weight is 263 g/mol. The fourth-order valence-electron chi connectivity index (χ4n) is 1.61. The Hall–Kier alpha value is -1.61. The van der Waals surface area contributed by atoms with E-state index in [2.05, 4.69) is 9.97 Å². The largest absolute Gasteiger partial charge is 0.478 e. The highest BCUT2D eigenvalue weighted by Crippen LogP contribution is 2.10. The molecular weight excluding hydrogens is 248 g/mol. The number of aromatic nitrogens is 2. The predicted octanol–water partition coefficient (Wildman–Crippen LogP) is 3.23. The van der Waals surface area contributed by atoms with Crippen LogP contribution >= 0.6 is 11.6 Å². The SMILES string of the molecule is ClCc1cccc(OCCCc2ccncc2)n1. The molecule has 0 saturated heterocycles. The van der Waals surface area contributed by atoms with Crippen LogP contribution in [0.3, 0.4) is 0 Å². The van der Waals surface area contributed by atoms with Crippen molar-refractivity contribution in [3.8, 4) is 5.88 Å². The van der Waals surface area contributed by atoms with Crippen LogP contribution in [0.4, 0.5) is 0 Å². The highest BCUT2D eigenvalue weighted by molar-refractivity contribution is 6.16. The van der Waals surface area contributed by atoms with Gasteiger partial charge in [0, 0.05) is 18.5 Å². The number of halogens is 1. The maximum atomic E-state index is 5.72. The highest BCUT2D eigenvalue weighted by Gasteiger charge is 1.98. The van der Waals surface area contributed by atoms with Gasteiger partial charge in [0.25, 0.3) is 0 Å². The topological polar surface area (TPSA) is 35.0 Å². The van der Waals surface area contributed by atoms with Crippen LogP contribution in [0.15, 0.2) is 42.7 Å². The molecule has 3 nitrogen and oxygen atoms in total. The molecule has 0 radical (unpaired) electrons. The number of hydrogen-bond donors (Lipinski definition) is 0. The number of pyridine rings is 2. The summed E-state index contributed by atoms with van der Waals surface area (Å²) in [6, 6.07) is 9.68. The number of nitrogens with zero attached hydrogens (tertiary/aromatic N) is 2. The summed E-state index contributed by atoms with van der Waals surface area (Å²) in [7, 11) is 0. The number of hydrogen-bond acceptors (Lipinski definition) is 3. The van der Waals surface area contributed by atoms with E-state index >= 15 is 0 Å². The minimum Gasteiger partial charge on any atom is -0.478 e. The minimum absolute atomic E-state index is 0.411. The van der Waals surface area contributed by atoms with Gasteiger partial charge in [-0.15, -0.1) is 11.6 Å². The van der Waals surface area contributed by atoms with Crippen molar-refractivity contribution >= 4 is 11.6 Å². The Kier molecular flexibility index (Phi) is 4.97. The molecule has 2 aromatic rings. The van der Waals surface area contributed by atoms with Crippen molar-refractivity contribution in [2.45, 2.75) is 18.7 Å². The Balaban J connectivity index is 1.75. The molecule has 0 atom stereocenters. The summed E-state index contributed by atoms with van der Waals surface area (Å²) in [4.78, 5) is 8.26. The van der Waals surface area contributed by atoms with Gasteiger partial charge < -0.3 is 4.74 Å². The molecule has 0 spiro atoms. The van der Waals surface area contributed by atoms with Crippen molar-refractivity contribution < 1.29 is 4.74 Å². The fourth-order valence-corrected chi connectivity index (χ4v) is 1.76. The van der Waals surface area contributed by atoms with E-state index in [9.17, 15) is 0 Å². The third-order valence-corrected chi connectivity index (χ3v) is 2.80. The second-order valence-corrected chi connectivity index (χ2v) is 4.18. The van der Waals surface area contributed by atoms with E-state index in [0.29, 0.717) is 18.4 Å². The van der Waals surface area contributed by atoms with E-state index in [1.54, 1.807) is 0 Å². The second-order valence-electron chi connectivity index (χ2n) is 3.91. The van der Waals surface area contributed by atoms with Crippen molar-refractivity contribution in [2.75, 3.05) is 6.61 Å². The number of rotatable bonds is 6. The zero-order chi connectivity index (χ0) is 12.6. The molecule has 0 aromatic carbocycles. The lowest BCUT2D eigenvalue weighted by Crippen LogP contribution is -2.01. The maximum Gasteiger partial charge on any atom is 0.213 e. The van der Waals surface area contributed by atoms with E-state index in [-0.39, 0.29) is 0 Å². The monoisotopic (exact) mass is 262 g/mol. The van der Waals surface area contributed by atoms with Gasteiger partial charge in [-0.3, -0.25) is 4.98 Å². The van der Waals surface area contributed by atoms with Crippen molar-refractivity contribution in [3.05, 3.63) is 54.0 Å². The summed E-state index contributed by atoms with van der Waals surface area (Å²) in [5.74, 6) is 1.05. The molecule has 94 valence electrons. The van der Waals surface area contributed by atoms with Gasteiger partial charge in [0.15, 0.2) is 0 Å². The summed E-state index contributed by atoms with van der Waals surface area (Å²) in [6.45, 7) is 0.654. The number of ether oxygens (including phenoxy) is 1. The van der Waals surface area contributed by atoms with Crippen LogP contribution in [0, 0.1) is 0 Å². The second kappa shape index (κ2) is 6.97. The molecule has 0 fully saturated rings. The molecule has 2 aromatic heterocycles. The van der Waals surface area contributed by atoms with Gasteiger partial charge in [0.05, 0.1) is 18.2 Å². The zero-order valence-corrected chi connectivity index (χ0v) is 10.8. The number of aryl methyl sites for hydroxylation is 1. The van der Waals surface area contributed by atoms with Gasteiger partial charge in [-0.05, 0) is 36.6 Å². The van der Waals surface area contributed by atoms with E-state index < -0.39 is 0 Å². The molecule has 2 heterocycles. The molecule has 0 N–H and O–H groups in total. The highest BCUT2D eigenvalue weighted by atomic mass is 35.5. The first-order chi connectivity index (χ1) is 8.88. The Morgan fingerprint density at radius 3 is 2.72 bits per heavy atom. The van der Waals surface area contributed by atoms with Crippen LogP contribution in [-0.2, 0) is 12.3 Å². The molecule has 18 heavy (non-hydrogen) atoms. The maximum absolute atomic E-state index is 5.72. The van der Waals surface area contributed by atoms with Gasteiger partial charge in [-0.25, -0.2) is 4.98 Å². The molecule has 0 saturated carbocycles. The Labute approximate surface area is 112 Å². The van der Waals surface area contributed by atoms with Crippen LogP contribution in [0.5, 0.6) is 5.88 Å². The molecule has 0 amide bonds. The molecule has 0 aliphatic rings. The first kappa shape index (κ1) is 12.8. The van der Waals surface area contributed by atoms with Gasteiger partial charge in [0.2, 0.25) is 5.88 Å². The molecule has 0 aliphatic heterocycles. The van der Waals surface area contributed by atoms with Gasteiger partial charge in [-0.2, -0.15) is 0 Å². The smallest absolute Gasteiger partial charge is 0.213 e. The summed E-state index contributed by atoms with van der Waals surface area (Å²) < 4.78 is 5.58. The summed E-state index contributed by atoms with van der Waals surface area (Å²) in [5.41, 5.74) is 2.11. The first-order valence-corrected chi connectivity index (χ1v) is 6.45. The van der Waals surface area contributed by atoms with E-state index in [1.165, 1.54) is 5.56 Å². The molecule has 0 bridgehead atoms. The van der Waals surface area contributed by atoms with Crippen molar-refractivity contribution in [2.24, 2.45) is 0 Å². The summed E-state index contributed by atoms with van der Waals surface area (Å²) in [6.07, 6.45) is 5.55. The first-order valence-electron chi connectivity index (χ1n) is 5.92. The van der Waals surface area contributed by atoms with Gasteiger partial charge in [0.1, 0.15) is 0 Å². The third kappa shape index (κ3) is 4.00. The summed E-state index contributed by atoms with van der Waals surface area (Å²) >= 11 is 5.72. The van der Waals surface area contributed by atoms with Crippen LogP contribution in [0.2, 0.25) is 0 Å². The minimum atomic E-state index is 0.411. The van der Waals surface area contributed by atoms with E-state index in [1.807, 2.05) is 42.7 Å². The standard InChI is InChI=1S/C14H15ClN2O/c15-11-13-4-1-5-14(17-13)18-10-2-3-12-6-8-16-9-7-12/h1,4-9H,2-3,10-11H2. The zero-order valence-electron chi connectivity index (χ0n) is 10.1. The van der Waals surface area contributed by atoms with Crippen LogP contribution in [0.1, 0.15) is 17.7 Å².